The van der Waals surface area contributed by atoms with Crippen molar-refractivity contribution in [3.63, 3.8) is 0 Å². The van der Waals surface area contributed by atoms with E-state index >= 15 is 0 Å². The van der Waals surface area contributed by atoms with Crippen molar-refractivity contribution >= 4 is 22.4 Å². The largest absolute Gasteiger partial charge is 0.394 e. The van der Waals surface area contributed by atoms with Crippen molar-refractivity contribution in [3.8, 4) is 0 Å². The second-order valence-corrected chi connectivity index (χ2v) is 5.66. The van der Waals surface area contributed by atoms with Crippen LogP contribution in [0.5, 0.6) is 0 Å². The summed E-state index contributed by atoms with van der Waals surface area (Å²) in [6.45, 7) is 1.38. The Morgan fingerprint density at radius 1 is 1.09 bits per heavy atom. The molecule has 1 saturated heterocycles. The van der Waals surface area contributed by atoms with Crippen molar-refractivity contribution in [1.82, 2.24) is 15.0 Å². The third-order valence-corrected chi connectivity index (χ3v) is 4.43. The highest BCUT2D eigenvalue weighted by Crippen LogP contribution is 2.28. The maximum absolute atomic E-state index is 11.6. The van der Waals surface area contributed by atoms with Crippen LogP contribution in [0.1, 0.15) is 18.9 Å². The van der Waals surface area contributed by atoms with Gasteiger partial charge in [-0.25, -0.2) is 4.68 Å². The molecule has 4 rings (SSSR count). The van der Waals surface area contributed by atoms with Crippen molar-refractivity contribution in [2.75, 3.05) is 23.7 Å². The first-order chi connectivity index (χ1) is 10.7. The van der Waals surface area contributed by atoms with E-state index in [0.717, 1.165) is 23.9 Å². The molecule has 22 heavy (non-hydrogen) atoms. The van der Waals surface area contributed by atoms with Crippen LogP contribution in [0.25, 0.3) is 11.0 Å². The Hall–Kier alpha value is -2.70. The minimum Gasteiger partial charge on any atom is -0.394 e. The van der Waals surface area contributed by atoms with Gasteiger partial charge in [-0.05, 0) is 25.0 Å². The lowest BCUT2D eigenvalue weighted by molar-refractivity contribution is 0.368. The predicted octanol–water partition coefficient (Wildman–Crippen LogP) is 0.451. The van der Waals surface area contributed by atoms with Gasteiger partial charge in [-0.1, -0.05) is 17.3 Å². The van der Waals surface area contributed by atoms with Gasteiger partial charge in [0.25, 0.3) is 10.9 Å². The van der Waals surface area contributed by atoms with E-state index in [-0.39, 0.29) is 11.7 Å². The highest BCUT2D eigenvalue weighted by molar-refractivity contribution is 5.74. The third-order valence-electron chi connectivity index (χ3n) is 4.43. The Morgan fingerprint density at radius 3 is 2.55 bits per heavy atom. The number of nitrogens with two attached hydrogens (primary N) is 1. The molecule has 1 aromatic heterocycles. The minimum atomic E-state index is -0.556. The Morgan fingerprint density at radius 2 is 1.82 bits per heavy atom. The molecular weight excluding hydrogens is 282 g/mol. The summed E-state index contributed by atoms with van der Waals surface area (Å²) in [4.78, 5) is 24.7. The molecule has 2 aromatic carbocycles. The van der Waals surface area contributed by atoms with E-state index in [2.05, 4.69) is 10.3 Å². The molecule has 0 aliphatic carbocycles. The third kappa shape index (κ3) is 1.75. The van der Waals surface area contributed by atoms with Crippen LogP contribution < -0.4 is 21.5 Å². The Kier molecular flexibility index (Phi) is 2.75. The molecule has 7 heteroatoms. The van der Waals surface area contributed by atoms with Crippen molar-refractivity contribution in [2.45, 2.75) is 18.9 Å². The number of para-hydroxylation sites is 1. The normalized spacial score (nSPS) is 16.6. The van der Waals surface area contributed by atoms with Crippen LogP contribution in [-0.4, -0.2) is 28.1 Å². The van der Waals surface area contributed by atoms with Crippen LogP contribution in [0.3, 0.4) is 0 Å². The van der Waals surface area contributed by atoms with Crippen molar-refractivity contribution < 1.29 is 0 Å². The summed E-state index contributed by atoms with van der Waals surface area (Å²) in [5.74, 6) is 0. The standard InChI is InChI=1S/C15H15N5O2/c16-12-13(15(22)14(12)21)19-7-5-9(6-8-19)20-11-4-2-1-3-10(11)17-18-20/h1-4,9H,5-8,16H2. The number of hydrogen-bond acceptors (Lipinski definition) is 6. The molecular formula is C15H15N5O2. The zero-order chi connectivity index (χ0) is 15.3. The van der Waals surface area contributed by atoms with E-state index in [0.29, 0.717) is 18.8 Å². The molecule has 0 atom stereocenters. The lowest BCUT2D eigenvalue weighted by Crippen LogP contribution is -2.45. The van der Waals surface area contributed by atoms with Crippen LogP contribution >= 0.6 is 0 Å². The molecule has 0 saturated carbocycles. The number of nitrogen functional groups attached to an aromatic ring is 1. The molecule has 0 unspecified atom stereocenters. The highest BCUT2D eigenvalue weighted by Gasteiger charge is 2.29. The summed E-state index contributed by atoms with van der Waals surface area (Å²) in [5, 5.41) is 8.44. The zero-order valence-corrected chi connectivity index (χ0v) is 11.9. The molecule has 112 valence electrons. The van der Waals surface area contributed by atoms with E-state index in [9.17, 15) is 9.59 Å². The van der Waals surface area contributed by atoms with Crippen molar-refractivity contribution in [3.05, 3.63) is 44.7 Å². The molecule has 0 amide bonds. The lowest BCUT2D eigenvalue weighted by atomic mass is 10.0. The number of anilines is 2. The van der Waals surface area contributed by atoms with Gasteiger partial charge in [0.15, 0.2) is 0 Å². The fraction of sp³-hybridized carbons (Fsp3) is 0.333. The van der Waals surface area contributed by atoms with Gasteiger partial charge in [0.1, 0.15) is 16.9 Å². The monoisotopic (exact) mass is 297 g/mol. The quantitative estimate of drug-likeness (QED) is 0.690. The topological polar surface area (TPSA) is 94.1 Å². The van der Waals surface area contributed by atoms with Gasteiger partial charge >= 0.3 is 0 Å². The van der Waals surface area contributed by atoms with Crippen molar-refractivity contribution in [2.24, 2.45) is 0 Å². The van der Waals surface area contributed by atoms with Crippen LogP contribution in [-0.2, 0) is 0 Å². The Bertz CT molecular complexity index is 914. The van der Waals surface area contributed by atoms with Gasteiger partial charge < -0.3 is 10.6 Å². The van der Waals surface area contributed by atoms with Gasteiger partial charge in [-0.2, -0.15) is 0 Å². The van der Waals surface area contributed by atoms with Gasteiger partial charge in [0, 0.05) is 13.1 Å². The van der Waals surface area contributed by atoms with Crippen LogP contribution in [0.15, 0.2) is 33.9 Å². The van der Waals surface area contributed by atoms with E-state index in [1.54, 1.807) is 0 Å². The summed E-state index contributed by atoms with van der Waals surface area (Å²) >= 11 is 0. The molecule has 0 bridgehead atoms. The molecule has 0 spiro atoms. The fourth-order valence-corrected chi connectivity index (χ4v) is 3.20. The van der Waals surface area contributed by atoms with E-state index in [4.69, 9.17) is 5.73 Å². The first kappa shape index (κ1) is 13.0. The van der Waals surface area contributed by atoms with Gasteiger partial charge in [0.2, 0.25) is 0 Å². The molecule has 0 radical (unpaired) electrons. The average Bonchev–Trinajstić information content (AvgIpc) is 2.99. The number of aromatic nitrogens is 3. The molecule has 2 heterocycles. The smallest absolute Gasteiger partial charge is 0.253 e. The van der Waals surface area contributed by atoms with Crippen LogP contribution in [0.2, 0.25) is 0 Å². The summed E-state index contributed by atoms with van der Waals surface area (Å²) in [6, 6.07) is 8.12. The number of rotatable bonds is 2. The number of hydrogen-bond donors (Lipinski definition) is 1. The molecule has 3 aromatic rings. The van der Waals surface area contributed by atoms with Gasteiger partial charge in [0.05, 0.1) is 11.6 Å². The summed E-state index contributed by atoms with van der Waals surface area (Å²) in [6.07, 6.45) is 1.68. The van der Waals surface area contributed by atoms with Gasteiger partial charge in [-0.15, -0.1) is 5.10 Å². The van der Waals surface area contributed by atoms with Crippen LogP contribution in [0, 0.1) is 0 Å². The first-order valence-electron chi connectivity index (χ1n) is 7.30. The number of piperidine rings is 1. The second-order valence-electron chi connectivity index (χ2n) is 5.66. The minimum absolute atomic E-state index is 0.106. The summed E-state index contributed by atoms with van der Waals surface area (Å²) < 4.78 is 1.96. The summed E-state index contributed by atoms with van der Waals surface area (Å²) in [7, 11) is 0. The Balaban J connectivity index is 1.55. The number of fused-ring (bicyclic) bond motifs is 1. The molecule has 1 aliphatic heterocycles. The molecule has 7 nitrogen and oxygen atoms in total. The maximum Gasteiger partial charge on any atom is 0.253 e. The average molecular weight is 297 g/mol. The van der Waals surface area contributed by atoms with Gasteiger partial charge in [-0.3, -0.25) is 9.59 Å². The lowest BCUT2D eigenvalue weighted by Gasteiger charge is -2.34. The van der Waals surface area contributed by atoms with E-state index < -0.39 is 10.9 Å². The fourth-order valence-electron chi connectivity index (χ4n) is 3.20. The maximum atomic E-state index is 11.6. The second kappa shape index (κ2) is 4.66. The van der Waals surface area contributed by atoms with E-state index in [1.807, 2.05) is 33.8 Å². The number of nitrogens with zero attached hydrogens (tertiary/aromatic N) is 4. The zero-order valence-electron chi connectivity index (χ0n) is 11.9. The molecule has 1 aliphatic rings. The highest BCUT2D eigenvalue weighted by atomic mass is 16.2. The first-order valence-corrected chi connectivity index (χ1v) is 7.30. The van der Waals surface area contributed by atoms with Crippen LogP contribution in [0.4, 0.5) is 11.4 Å². The molecule has 1 fully saturated rings. The SMILES string of the molecule is Nc1c(N2CCC(n3nnc4ccccc43)CC2)c(=O)c1=O. The summed E-state index contributed by atoms with van der Waals surface area (Å²) in [5.41, 5.74) is 7.03. The molecule has 2 N–H and O–H groups in total. The van der Waals surface area contributed by atoms with Crippen molar-refractivity contribution in [1.29, 1.82) is 0 Å². The Labute approximate surface area is 125 Å². The number of benzene rings is 1. The van der Waals surface area contributed by atoms with E-state index in [1.165, 1.54) is 0 Å². The predicted molar refractivity (Wildman–Crippen MR) is 83.8 cm³/mol.